The standard InChI is InChI=1S/C29H30Cl2N4O4/c1-35(2,26-9-7-19-6-8-22(18-23(19)26)39-29(37)38)28(36)34(27-24(30)4-3-5-25(27)31)21-12-16-33(17-13-21)20-10-14-32-15-11-20/h3-6,8,10-11,14-15,18,21,26H,7,9,12-13,16-17H2,1-2H3/p+1. The molecule has 1 aliphatic carbocycles. The van der Waals surface area contributed by atoms with Gasteiger partial charge in [0.05, 0.1) is 29.8 Å². The van der Waals surface area contributed by atoms with Crippen LogP contribution in [0, 0.1) is 0 Å². The van der Waals surface area contributed by atoms with Gasteiger partial charge in [-0.25, -0.2) is 14.1 Å². The van der Waals surface area contributed by atoms with Gasteiger partial charge in [0, 0.05) is 49.2 Å². The van der Waals surface area contributed by atoms with E-state index in [0.717, 1.165) is 55.6 Å². The number of piperidine rings is 1. The Morgan fingerprint density at radius 2 is 1.69 bits per heavy atom. The number of pyridine rings is 1. The molecule has 2 aliphatic rings. The normalized spacial score (nSPS) is 17.5. The maximum atomic E-state index is 14.6. The van der Waals surface area contributed by atoms with Gasteiger partial charge in [0.25, 0.3) is 0 Å². The summed E-state index contributed by atoms with van der Waals surface area (Å²) in [7, 11) is 3.80. The molecule has 2 heterocycles. The van der Waals surface area contributed by atoms with Gasteiger partial charge in [-0.2, -0.15) is 0 Å². The Morgan fingerprint density at radius 3 is 2.33 bits per heavy atom. The molecule has 1 saturated heterocycles. The number of benzene rings is 2. The van der Waals surface area contributed by atoms with E-state index >= 15 is 0 Å². The van der Waals surface area contributed by atoms with Crippen molar-refractivity contribution >= 4 is 46.8 Å². The lowest BCUT2D eigenvalue weighted by Crippen LogP contribution is -2.59. The molecule has 1 N–H and O–H groups in total. The van der Waals surface area contributed by atoms with Crippen LogP contribution in [0.5, 0.6) is 5.75 Å². The lowest BCUT2D eigenvalue weighted by molar-refractivity contribution is -0.841. The number of anilines is 2. The number of para-hydroxylation sites is 1. The van der Waals surface area contributed by atoms with Crippen LogP contribution in [0.2, 0.25) is 10.0 Å². The average Bonchev–Trinajstić information content (AvgIpc) is 3.35. The SMILES string of the molecule is C[N+](C)(C(=O)N(c1c(Cl)cccc1Cl)C1CCN(c2ccncc2)CC1)C1CCc2ccc(OC(=O)O)cc21. The van der Waals surface area contributed by atoms with Crippen molar-refractivity contribution in [3.63, 3.8) is 0 Å². The number of hydrogen-bond donors (Lipinski definition) is 1. The number of carbonyl (C=O) groups excluding carboxylic acids is 1. The third kappa shape index (κ3) is 5.41. The number of quaternary nitrogens is 1. The van der Waals surface area contributed by atoms with Crippen molar-refractivity contribution in [1.29, 1.82) is 0 Å². The number of halogens is 2. The van der Waals surface area contributed by atoms with Gasteiger partial charge in [-0.1, -0.05) is 35.3 Å². The van der Waals surface area contributed by atoms with E-state index in [0.29, 0.717) is 15.7 Å². The quantitative estimate of drug-likeness (QED) is 0.206. The predicted molar refractivity (Wildman–Crippen MR) is 152 cm³/mol. The summed E-state index contributed by atoms with van der Waals surface area (Å²) in [6.45, 7) is 1.55. The van der Waals surface area contributed by atoms with Crippen molar-refractivity contribution in [2.75, 3.05) is 37.0 Å². The highest BCUT2D eigenvalue weighted by Gasteiger charge is 2.47. The third-order valence-corrected chi connectivity index (χ3v) is 8.49. The number of carboxylic acid groups (broad SMARTS) is 1. The van der Waals surface area contributed by atoms with E-state index in [1.165, 1.54) is 0 Å². The summed E-state index contributed by atoms with van der Waals surface area (Å²) in [5, 5.41) is 9.95. The van der Waals surface area contributed by atoms with Crippen molar-refractivity contribution in [3.8, 4) is 5.75 Å². The highest BCUT2D eigenvalue weighted by Crippen LogP contribution is 2.44. The van der Waals surface area contributed by atoms with Crippen molar-refractivity contribution < 1.29 is 23.9 Å². The Kier molecular flexibility index (Phi) is 7.71. The lowest BCUT2D eigenvalue weighted by Gasteiger charge is -2.43. The molecule has 1 aliphatic heterocycles. The minimum absolute atomic E-state index is 0.0235. The minimum atomic E-state index is -1.37. The zero-order chi connectivity index (χ0) is 27.7. The molecule has 2 aromatic carbocycles. The Balaban J connectivity index is 1.47. The van der Waals surface area contributed by atoms with E-state index in [1.807, 2.05) is 37.2 Å². The van der Waals surface area contributed by atoms with Crippen LogP contribution >= 0.6 is 23.2 Å². The van der Waals surface area contributed by atoms with Crippen LogP contribution in [0.25, 0.3) is 0 Å². The van der Waals surface area contributed by atoms with Crippen LogP contribution in [0.4, 0.5) is 21.0 Å². The van der Waals surface area contributed by atoms with Crippen LogP contribution in [0.1, 0.15) is 36.4 Å². The van der Waals surface area contributed by atoms with Crippen LogP contribution in [-0.4, -0.2) is 60.0 Å². The number of rotatable bonds is 5. The van der Waals surface area contributed by atoms with Gasteiger partial charge in [0.2, 0.25) is 0 Å². The molecule has 1 atom stereocenters. The number of carbonyl (C=O) groups is 2. The second-order valence-corrected chi connectivity index (χ2v) is 11.3. The van der Waals surface area contributed by atoms with Crippen LogP contribution in [0.15, 0.2) is 60.9 Å². The molecule has 1 fully saturated rings. The van der Waals surface area contributed by atoms with Gasteiger partial charge >= 0.3 is 12.2 Å². The number of nitrogens with zero attached hydrogens (tertiary/aromatic N) is 4. The van der Waals surface area contributed by atoms with Gasteiger partial charge < -0.3 is 14.7 Å². The highest BCUT2D eigenvalue weighted by molar-refractivity contribution is 6.39. The van der Waals surface area contributed by atoms with Crippen LogP contribution in [0.3, 0.4) is 0 Å². The molecule has 10 heteroatoms. The van der Waals surface area contributed by atoms with E-state index < -0.39 is 6.16 Å². The molecule has 1 aromatic heterocycles. The second kappa shape index (κ2) is 11.0. The van der Waals surface area contributed by atoms with Crippen molar-refractivity contribution in [2.24, 2.45) is 0 Å². The second-order valence-electron chi connectivity index (χ2n) is 10.5. The first-order chi connectivity index (χ1) is 18.7. The van der Waals surface area contributed by atoms with Crippen molar-refractivity contribution in [3.05, 3.63) is 82.1 Å². The van der Waals surface area contributed by atoms with E-state index in [4.69, 9.17) is 33.0 Å². The topological polar surface area (TPSA) is 83.0 Å². The third-order valence-electron chi connectivity index (χ3n) is 7.88. The number of amides is 2. The molecule has 0 spiro atoms. The predicted octanol–water partition coefficient (Wildman–Crippen LogP) is 6.80. The first kappa shape index (κ1) is 27.2. The molecule has 0 bridgehead atoms. The van der Waals surface area contributed by atoms with Crippen molar-refractivity contribution in [1.82, 2.24) is 4.98 Å². The van der Waals surface area contributed by atoms with E-state index in [-0.39, 0.29) is 28.3 Å². The molecule has 1 unspecified atom stereocenters. The fourth-order valence-corrected chi connectivity index (χ4v) is 6.47. The fraction of sp³-hybridized carbons (Fsp3) is 0.345. The Morgan fingerprint density at radius 1 is 1.03 bits per heavy atom. The summed E-state index contributed by atoms with van der Waals surface area (Å²) in [5.74, 6) is 0.245. The first-order valence-electron chi connectivity index (χ1n) is 13.0. The van der Waals surface area contributed by atoms with Gasteiger partial charge in [0.1, 0.15) is 11.8 Å². The number of fused-ring (bicyclic) bond motifs is 1. The molecule has 8 nitrogen and oxygen atoms in total. The molecule has 5 rings (SSSR count). The number of ether oxygens (including phenoxy) is 1. The average molecular weight is 570 g/mol. The number of hydrogen-bond acceptors (Lipinski definition) is 5. The summed E-state index contributed by atoms with van der Waals surface area (Å²) in [5.41, 5.74) is 3.64. The van der Waals surface area contributed by atoms with Gasteiger partial charge in [-0.3, -0.25) is 9.88 Å². The summed E-state index contributed by atoms with van der Waals surface area (Å²) in [6, 6.07) is 14.2. The molecule has 39 heavy (non-hydrogen) atoms. The van der Waals surface area contributed by atoms with Gasteiger partial charge in [-0.05, 0) is 61.2 Å². The molecule has 204 valence electrons. The van der Waals surface area contributed by atoms with Gasteiger partial charge in [0.15, 0.2) is 0 Å². The summed E-state index contributed by atoms with van der Waals surface area (Å²) in [6.07, 6.45) is 5.22. The summed E-state index contributed by atoms with van der Waals surface area (Å²) in [4.78, 5) is 34.0. The summed E-state index contributed by atoms with van der Waals surface area (Å²) >= 11 is 13.4. The Bertz CT molecular complexity index is 1360. The minimum Gasteiger partial charge on any atom is -0.449 e. The fourth-order valence-electron chi connectivity index (χ4n) is 5.90. The molecular weight excluding hydrogens is 539 g/mol. The molecular formula is C29H31Cl2N4O4+. The highest BCUT2D eigenvalue weighted by atomic mass is 35.5. The zero-order valence-corrected chi connectivity index (χ0v) is 23.4. The lowest BCUT2D eigenvalue weighted by atomic mass is 10.0. The Labute approximate surface area is 237 Å². The van der Waals surface area contributed by atoms with E-state index in [1.54, 1.807) is 42.7 Å². The molecule has 3 aromatic rings. The molecule has 2 amide bonds. The molecule has 0 radical (unpaired) electrons. The summed E-state index contributed by atoms with van der Waals surface area (Å²) < 4.78 is 4.95. The number of aryl methyl sites for hydroxylation is 1. The van der Waals surface area contributed by atoms with Crippen molar-refractivity contribution in [2.45, 2.75) is 37.8 Å². The largest absolute Gasteiger partial charge is 0.511 e. The smallest absolute Gasteiger partial charge is 0.449 e. The van der Waals surface area contributed by atoms with Crippen LogP contribution < -0.4 is 14.5 Å². The van der Waals surface area contributed by atoms with E-state index in [9.17, 15) is 9.59 Å². The van der Waals surface area contributed by atoms with Gasteiger partial charge in [-0.15, -0.1) is 0 Å². The number of aromatic nitrogens is 1. The monoisotopic (exact) mass is 569 g/mol. The maximum Gasteiger partial charge on any atom is 0.511 e. The Hall–Kier alpha value is -3.33. The zero-order valence-electron chi connectivity index (χ0n) is 21.9. The van der Waals surface area contributed by atoms with Crippen LogP contribution in [-0.2, 0) is 6.42 Å². The molecule has 0 saturated carbocycles. The van der Waals surface area contributed by atoms with E-state index in [2.05, 4.69) is 9.88 Å². The maximum absolute atomic E-state index is 14.6. The number of urea groups is 1. The first-order valence-corrected chi connectivity index (χ1v) is 13.7.